The van der Waals surface area contributed by atoms with Crippen LogP contribution >= 0.6 is 11.6 Å². The summed E-state index contributed by atoms with van der Waals surface area (Å²) in [5.41, 5.74) is 0.670. The van der Waals surface area contributed by atoms with Gasteiger partial charge < -0.3 is 14.2 Å². The number of benzene rings is 1. The van der Waals surface area contributed by atoms with Gasteiger partial charge in [0.1, 0.15) is 5.03 Å². The zero-order valence-corrected chi connectivity index (χ0v) is 14.4. The van der Waals surface area contributed by atoms with Crippen molar-refractivity contribution in [2.24, 2.45) is 0 Å². The maximum atomic E-state index is 12.2. The Hall–Kier alpha value is -2.47. The van der Waals surface area contributed by atoms with Crippen LogP contribution in [-0.2, 0) is 9.59 Å². The first kappa shape index (κ1) is 17.9. The van der Waals surface area contributed by atoms with Gasteiger partial charge in [-0.3, -0.25) is 14.5 Å². The molecule has 1 aromatic rings. The first-order valence-corrected chi connectivity index (χ1v) is 7.59. The van der Waals surface area contributed by atoms with Gasteiger partial charge in [-0.05, 0) is 30.2 Å². The molecule has 2 amide bonds. The molecular formula is C17H18ClNO5. The third-order valence-corrected chi connectivity index (χ3v) is 3.81. The third-order valence-electron chi connectivity index (χ3n) is 3.50. The summed E-state index contributed by atoms with van der Waals surface area (Å²) in [5.74, 6) is 0.502. The van der Waals surface area contributed by atoms with Gasteiger partial charge in [-0.1, -0.05) is 17.7 Å². The third kappa shape index (κ3) is 3.71. The Bertz CT molecular complexity index is 686. The van der Waals surface area contributed by atoms with Crippen LogP contribution in [0.25, 0.3) is 6.08 Å². The smallest absolute Gasteiger partial charge is 0.271 e. The standard InChI is InChI=1S/C17H18ClNO5/c1-22-13-9-11(10-14(23-2)16(13)24-3)6-7-15(20)19-8-4-5-12(18)17(19)21/h5-7,9-10H,4,8H2,1-3H3/b7-6+. The summed E-state index contributed by atoms with van der Waals surface area (Å²) in [5, 5.41) is 0.0655. The SMILES string of the molecule is COc1cc(/C=C/C(=O)N2CCC=C(Cl)C2=O)cc(OC)c1OC. The number of hydrogen-bond donors (Lipinski definition) is 0. The monoisotopic (exact) mass is 351 g/mol. The van der Waals surface area contributed by atoms with Gasteiger partial charge in [-0.2, -0.15) is 0 Å². The molecule has 0 saturated heterocycles. The largest absolute Gasteiger partial charge is 0.493 e. The highest BCUT2D eigenvalue weighted by Gasteiger charge is 2.24. The molecule has 0 radical (unpaired) electrons. The van der Waals surface area contributed by atoms with Gasteiger partial charge in [0.05, 0.1) is 21.3 Å². The molecule has 0 aliphatic carbocycles. The number of methoxy groups -OCH3 is 3. The minimum absolute atomic E-state index is 0.0655. The molecule has 24 heavy (non-hydrogen) atoms. The van der Waals surface area contributed by atoms with Gasteiger partial charge in [-0.15, -0.1) is 0 Å². The first-order valence-electron chi connectivity index (χ1n) is 7.21. The molecule has 6 nitrogen and oxygen atoms in total. The molecule has 0 atom stereocenters. The van der Waals surface area contributed by atoms with Gasteiger partial charge >= 0.3 is 0 Å². The number of halogens is 1. The van der Waals surface area contributed by atoms with E-state index in [1.807, 2.05) is 0 Å². The molecule has 1 heterocycles. The molecule has 0 aromatic heterocycles. The van der Waals surface area contributed by atoms with Crippen LogP contribution in [0.3, 0.4) is 0 Å². The number of nitrogens with zero attached hydrogens (tertiary/aromatic N) is 1. The summed E-state index contributed by atoms with van der Waals surface area (Å²) in [6, 6.07) is 3.41. The van der Waals surface area contributed by atoms with Crippen molar-refractivity contribution in [3.8, 4) is 17.2 Å². The molecule has 1 aliphatic rings. The van der Waals surface area contributed by atoms with Crippen molar-refractivity contribution in [2.45, 2.75) is 6.42 Å². The lowest BCUT2D eigenvalue weighted by atomic mass is 10.1. The Morgan fingerprint density at radius 1 is 1.17 bits per heavy atom. The molecule has 128 valence electrons. The molecule has 0 unspecified atom stereocenters. The second kappa shape index (κ2) is 7.88. The lowest BCUT2D eigenvalue weighted by molar-refractivity contribution is -0.139. The molecule has 0 N–H and O–H groups in total. The van der Waals surface area contributed by atoms with Crippen molar-refractivity contribution < 1.29 is 23.8 Å². The summed E-state index contributed by atoms with van der Waals surface area (Å²) >= 11 is 5.78. The van der Waals surface area contributed by atoms with Crippen LogP contribution in [0.4, 0.5) is 0 Å². The fourth-order valence-corrected chi connectivity index (χ4v) is 2.51. The van der Waals surface area contributed by atoms with Crippen LogP contribution < -0.4 is 14.2 Å². The van der Waals surface area contributed by atoms with E-state index in [0.29, 0.717) is 35.8 Å². The second-order valence-corrected chi connectivity index (χ2v) is 5.33. The van der Waals surface area contributed by atoms with Crippen LogP contribution in [0.1, 0.15) is 12.0 Å². The van der Waals surface area contributed by atoms with E-state index < -0.39 is 11.8 Å². The van der Waals surface area contributed by atoms with E-state index in [2.05, 4.69) is 0 Å². The molecule has 1 aliphatic heterocycles. The van der Waals surface area contributed by atoms with Gasteiger partial charge in [-0.25, -0.2) is 0 Å². The Kier molecular flexibility index (Phi) is 5.87. The number of carbonyl (C=O) groups excluding carboxylic acids is 2. The van der Waals surface area contributed by atoms with Gasteiger partial charge in [0.2, 0.25) is 5.75 Å². The average Bonchev–Trinajstić information content (AvgIpc) is 2.60. The van der Waals surface area contributed by atoms with Crippen LogP contribution in [-0.4, -0.2) is 44.6 Å². The minimum atomic E-state index is -0.484. The van der Waals surface area contributed by atoms with Crippen LogP contribution in [0.2, 0.25) is 0 Å². The van der Waals surface area contributed by atoms with E-state index in [-0.39, 0.29) is 5.03 Å². The normalized spacial score (nSPS) is 14.6. The van der Waals surface area contributed by atoms with Crippen molar-refractivity contribution in [3.05, 3.63) is 34.9 Å². The predicted octanol–water partition coefficient (Wildman–Crippen LogP) is 2.61. The predicted molar refractivity (Wildman–Crippen MR) is 90.4 cm³/mol. The number of rotatable bonds is 5. The molecule has 0 spiro atoms. The number of imide groups is 1. The summed E-state index contributed by atoms with van der Waals surface area (Å²) < 4.78 is 15.8. The van der Waals surface area contributed by atoms with Crippen molar-refractivity contribution in [1.29, 1.82) is 0 Å². The molecule has 2 rings (SSSR count). The second-order valence-electron chi connectivity index (χ2n) is 4.93. The quantitative estimate of drug-likeness (QED) is 0.763. The van der Waals surface area contributed by atoms with E-state index in [1.165, 1.54) is 27.4 Å². The lowest BCUT2D eigenvalue weighted by Gasteiger charge is -2.21. The molecular weight excluding hydrogens is 334 g/mol. The Morgan fingerprint density at radius 2 is 1.79 bits per heavy atom. The lowest BCUT2D eigenvalue weighted by Crippen LogP contribution is -2.38. The highest BCUT2D eigenvalue weighted by molar-refractivity contribution is 6.43. The topological polar surface area (TPSA) is 65.1 Å². The van der Waals surface area contributed by atoms with Gasteiger partial charge in [0, 0.05) is 12.6 Å². The van der Waals surface area contributed by atoms with Crippen molar-refractivity contribution in [1.82, 2.24) is 4.90 Å². The Morgan fingerprint density at radius 3 is 2.33 bits per heavy atom. The highest BCUT2D eigenvalue weighted by atomic mass is 35.5. The van der Waals surface area contributed by atoms with Crippen molar-refractivity contribution in [3.63, 3.8) is 0 Å². The molecule has 0 saturated carbocycles. The number of carbonyl (C=O) groups is 2. The van der Waals surface area contributed by atoms with Crippen LogP contribution in [0.5, 0.6) is 17.2 Å². The number of hydrogen-bond acceptors (Lipinski definition) is 5. The highest BCUT2D eigenvalue weighted by Crippen LogP contribution is 2.38. The van der Waals surface area contributed by atoms with E-state index in [0.717, 1.165) is 4.90 Å². The maximum absolute atomic E-state index is 12.2. The van der Waals surface area contributed by atoms with E-state index >= 15 is 0 Å². The van der Waals surface area contributed by atoms with Gasteiger partial charge in [0.15, 0.2) is 11.5 Å². The minimum Gasteiger partial charge on any atom is -0.493 e. The van der Waals surface area contributed by atoms with E-state index in [1.54, 1.807) is 24.3 Å². The molecule has 0 bridgehead atoms. The van der Waals surface area contributed by atoms with Crippen molar-refractivity contribution in [2.75, 3.05) is 27.9 Å². The average molecular weight is 352 g/mol. The summed E-state index contributed by atoms with van der Waals surface area (Å²) in [4.78, 5) is 25.2. The zero-order valence-electron chi connectivity index (χ0n) is 13.7. The van der Waals surface area contributed by atoms with Crippen LogP contribution in [0.15, 0.2) is 29.3 Å². The number of ether oxygens (including phenoxy) is 3. The maximum Gasteiger partial charge on any atom is 0.271 e. The first-order chi connectivity index (χ1) is 11.5. The van der Waals surface area contributed by atoms with Gasteiger partial charge in [0.25, 0.3) is 11.8 Å². The Balaban J connectivity index is 2.24. The summed E-state index contributed by atoms with van der Waals surface area (Å²) in [7, 11) is 4.53. The van der Waals surface area contributed by atoms with E-state index in [9.17, 15) is 9.59 Å². The summed E-state index contributed by atoms with van der Waals surface area (Å²) in [6.45, 7) is 0.313. The summed E-state index contributed by atoms with van der Waals surface area (Å²) in [6.07, 6.45) is 5.05. The van der Waals surface area contributed by atoms with E-state index in [4.69, 9.17) is 25.8 Å². The molecule has 1 aromatic carbocycles. The fraction of sp³-hybridized carbons (Fsp3) is 0.294. The zero-order chi connectivity index (χ0) is 17.7. The molecule has 0 fully saturated rings. The number of amides is 2. The Labute approximate surface area is 145 Å². The van der Waals surface area contributed by atoms with Crippen molar-refractivity contribution >= 4 is 29.5 Å². The van der Waals surface area contributed by atoms with Crippen LogP contribution in [0, 0.1) is 0 Å². The molecule has 7 heteroatoms. The fourth-order valence-electron chi connectivity index (χ4n) is 2.30.